The minimum Gasteiger partial charge on any atom is -0.457 e. The first-order valence-electron chi connectivity index (χ1n) is 6.91. The van der Waals surface area contributed by atoms with Gasteiger partial charge in [0.2, 0.25) is 0 Å². The molecule has 1 N–H and O–H groups in total. The lowest BCUT2D eigenvalue weighted by Gasteiger charge is -2.15. The lowest BCUT2D eigenvalue weighted by atomic mass is 10.1. The molecule has 0 aliphatic heterocycles. The smallest absolute Gasteiger partial charge is 0.133 e. The molecule has 0 saturated heterocycles. The van der Waals surface area contributed by atoms with Crippen LogP contribution in [0.5, 0.6) is 11.5 Å². The van der Waals surface area contributed by atoms with Crippen LogP contribution in [0.25, 0.3) is 0 Å². The number of ether oxygens (including phenoxy) is 1. The molecule has 0 bridgehead atoms. The van der Waals surface area contributed by atoms with Gasteiger partial charge in [0.1, 0.15) is 17.3 Å². The van der Waals surface area contributed by atoms with Gasteiger partial charge in [-0.1, -0.05) is 31.5 Å². The fourth-order valence-electron chi connectivity index (χ4n) is 1.93. The average Bonchev–Trinajstić information content (AvgIpc) is 2.41. The number of hydrogen-bond acceptors (Lipinski definition) is 2. The normalized spacial score (nSPS) is 11.0. The quantitative estimate of drug-likeness (QED) is 0.832. The summed E-state index contributed by atoms with van der Waals surface area (Å²) in [6.45, 7) is 6.67. The van der Waals surface area contributed by atoms with E-state index in [0.29, 0.717) is 29.1 Å². The molecule has 0 amide bonds. The first-order valence-corrected chi connectivity index (χ1v) is 7.29. The molecule has 0 atom stereocenters. The second-order valence-electron chi connectivity index (χ2n) is 5.30. The van der Waals surface area contributed by atoms with Gasteiger partial charge in [-0.2, -0.15) is 0 Å². The van der Waals surface area contributed by atoms with Gasteiger partial charge in [-0.05, 0) is 42.8 Å². The fraction of sp³-hybridized carbons (Fsp3) is 0.294. The number of rotatable bonds is 5. The van der Waals surface area contributed by atoms with Gasteiger partial charge >= 0.3 is 0 Å². The Morgan fingerprint density at radius 1 is 1.14 bits per heavy atom. The largest absolute Gasteiger partial charge is 0.457 e. The summed E-state index contributed by atoms with van der Waals surface area (Å²) in [5.41, 5.74) is 1.76. The molecule has 4 heteroatoms. The van der Waals surface area contributed by atoms with Gasteiger partial charge in [0.15, 0.2) is 0 Å². The van der Waals surface area contributed by atoms with E-state index in [2.05, 4.69) is 19.2 Å². The Hall–Kier alpha value is -1.58. The van der Waals surface area contributed by atoms with Crippen LogP contribution in [0, 0.1) is 12.7 Å². The summed E-state index contributed by atoms with van der Waals surface area (Å²) < 4.78 is 19.1. The van der Waals surface area contributed by atoms with Crippen molar-refractivity contribution in [1.82, 2.24) is 5.32 Å². The molecule has 0 fully saturated rings. The minimum atomic E-state index is -0.271. The predicted octanol–water partition coefficient (Wildman–Crippen LogP) is 5.08. The first kappa shape index (κ1) is 15.8. The molecule has 0 unspecified atom stereocenters. The lowest BCUT2D eigenvalue weighted by molar-refractivity contribution is 0.464. The van der Waals surface area contributed by atoms with Crippen LogP contribution in [0.3, 0.4) is 0 Å². The zero-order valence-electron chi connectivity index (χ0n) is 12.4. The Morgan fingerprint density at radius 3 is 2.57 bits per heavy atom. The molecule has 0 aliphatic rings. The van der Waals surface area contributed by atoms with Crippen molar-refractivity contribution in [2.24, 2.45) is 0 Å². The number of hydrogen-bond donors (Lipinski definition) is 1. The number of halogens is 2. The third kappa shape index (κ3) is 4.45. The van der Waals surface area contributed by atoms with Crippen LogP contribution in [-0.2, 0) is 6.54 Å². The summed E-state index contributed by atoms with van der Waals surface area (Å²) in [4.78, 5) is 0. The van der Waals surface area contributed by atoms with E-state index in [1.807, 2.05) is 19.1 Å². The van der Waals surface area contributed by atoms with E-state index in [1.54, 1.807) is 12.1 Å². The Balaban J connectivity index is 2.27. The molecule has 0 aliphatic carbocycles. The van der Waals surface area contributed by atoms with Crippen LogP contribution < -0.4 is 10.1 Å². The number of benzene rings is 2. The van der Waals surface area contributed by atoms with Crippen molar-refractivity contribution in [2.75, 3.05) is 0 Å². The van der Waals surface area contributed by atoms with Gasteiger partial charge in [0, 0.05) is 23.2 Å². The Labute approximate surface area is 129 Å². The molecule has 2 aromatic rings. The van der Waals surface area contributed by atoms with E-state index < -0.39 is 0 Å². The molecule has 0 saturated carbocycles. The molecule has 0 heterocycles. The predicted molar refractivity (Wildman–Crippen MR) is 84.6 cm³/mol. The molecular weight excluding hydrogens is 289 g/mol. The number of nitrogens with one attached hydrogen (secondary N) is 1. The lowest BCUT2D eigenvalue weighted by Crippen LogP contribution is -2.22. The van der Waals surface area contributed by atoms with Crippen molar-refractivity contribution < 1.29 is 9.13 Å². The maximum Gasteiger partial charge on any atom is 0.133 e. The zero-order valence-corrected chi connectivity index (χ0v) is 13.2. The molecule has 2 nitrogen and oxygen atoms in total. The second kappa shape index (κ2) is 6.92. The molecule has 112 valence electrons. The van der Waals surface area contributed by atoms with Gasteiger partial charge in [0.05, 0.1) is 0 Å². The maximum atomic E-state index is 13.2. The Morgan fingerprint density at radius 2 is 1.90 bits per heavy atom. The zero-order chi connectivity index (χ0) is 15.4. The molecule has 0 radical (unpaired) electrons. The Bertz CT molecular complexity index is 628. The summed E-state index contributed by atoms with van der Waals surface area (Å²) in [7, 11) is 0. The molecule has 0 aromatic heterocycles. The van der Waals surface area contributed by atoms with Crippen LogP contribution >= 0.6 is 11.6 Å². The van der Waals surface area contributed by atoms with Crippen LogP contribution in [-0.4, -0.2) is 6.04 Å². The van der Waals surface area contributed by atoms with E-state index in [0.717, 1.165) is 11.1 Å². The van der Waals surface area contributed by atoms with Gasteiger partial charge in [-0.25, -0.2) is 4.39 Å². The van der Waals surface area contributed by atoms with Crippen molar-refractivity contribution in [3.8, 4) is 11.5 Å². The molecule has 2 aromatic carbocycles. The third-order valence-electron chi connectivity index (χ3n) is 3.09. The summed E-state index contributed by atoms with van der Waals surface area (Å²) in [6, 6.07) is 10.4. The fourth-order valence-corrected chi connectivity index (χ4v) is 2.09. The van der Waals surface area contributed by atoms with Gasteiger partial charge in [0.25, 0.3) is 0 Å². The average molecular weight is 308 g/mol. The summed E-state index contributed by atoms with van der Waals surface area (Å²) in [5.74, 6) is 1.04. The highest BCUT2D eigenvalue weighted by atomic mass is 35.5. The van der Waals surface area contributed by atoms with Crippen molar-refractivity contribution in [3.63, 3.8) is 0 Å². The molecular formula is C17H19ClFNO. The summed E-state index contributed by atoms with van der Waals surface area (Å²) in [6.07, 6.45) is 0. The van der Waals surface area contributed by atoms with Crippen LogP contribution in [0.4, 0.5) is 4.39 Å². The third-order valence-corrected chi connectivity index (χ3v) is 3.32. The van der Waals surface area contributed by atoms with Crippen molar-refractivity contribution in [1.29, 1.82) is 0 Å². The molecule has 21 heavy (non-hydrogen) atoms. The van der Waals surface area contributed by atoms with E-state index in [-0.39, 0.29) is 5.82 Å². The van der Waals surface area contributed by atoms with Gasteiger partial charge in [-0.3, -0.25) is 0 Å². The number of aryl methyl sites for hydroxylation is 1. The van der Waals surface area contributed by atoms with E-state index in [1.165, 1.54) is 12.1 Å². The standard InChI is InChI=1S/C17H19ClFNO/c1-11(2)20-10-13-4-5-14(18)9-17(13)21-16-7-6-15(19)8-12(16)3/h4-9,11,20H,10H2,1-3H3. The van der Waals surface area contributed by atoms with Gasteiger partial charge < -0.3 is 10.1 Å². The van der Waals surface area contributed by atoms with Crippen LogP contribution in [0.2, 0.25) is 5.02 Å². The molecule has 0 spiro atoms. The van der Waals surface area contributed by atoms with Crippen molar-refractivity contribution in [3.05, 3.63) is 58.4 Å². The van der Waals surface area contributed by atoms with E-state index in [4.69, 9.17) is 16.3 Å². The topological polar surface area (TPSA) is 21.3 Å². The highest BCUT2D eigenvalue weighted by Crippen LogP contribution is 2.30. The van der Waals surface area contributed by atoms with Gasteiger partial charge in [-0.15, -0.1) is 0 Å². The first-order chi connectivity index (χ1) is 9.95. The minimum absolute atomic E-state index is 0.271. The highest BCUT2D eigenvalue weighted by molar-refractivity contribution is 6.30. The monoisotopic (exact) mass is 307 g/mol. The van der Waals surface area contributed by atoms with Crippen molar-refractivity contribution in [2.45, 2.75) is 33.4 Å². The highest BCUT2D eigenvalue weighted by Gasteiger charge is 2.09. The second-order valence-corrected chi connectivity index (χ2v) is 5.74. The summed E-state index contributed by atoms with van der Waals surface area (Å²) in [5, 5.41) is 3.96. The van der Waals surface area contributed by atoms with Crippen LogP contribution in [0.1, 0.15) is 25.0 Å². The van der Waals surface area contributed by atoms with E-state index >= 15 is 0 Å². The SMILES string of the molecule is Cc1cc(F)ccc1Oc1cc(Cl)ccc1CNC(C)C. The van der Waals surface area contributed by atoms with E-state index in [9.17, 15) is 4.39 Å². The summed E-state index contributed by atoms with van der Waals surface area (Å²) >= 11 is 6.05. The maximum absolute atomic E-state index is 13.2. The van der Waals surface area contributed by atoms with Crippen molar-refractivity contribution >= 4 is 11.6 Å². The molecule has 2 rings (SSSR count). The Kier molecular flexibility index (Phi) is 5.21. The van der Waals surface area contributed by atoms with Crippen LogP contribution in [0.15, 0.2) is 36.4 Å².